The molecule has 28 heavy (non-hydrogen) atoms. The Hall–Kier alpha value is -2.14. The fourth-order valence-electron chi connectivity index (χ4n) is 3.70. The maximum atomic E-state index is 6.48. The highest BCUT2D eigenvalue weighted by Crippen LogP contribution is 2.49. The first-order valence-corrected chi connectivity index (χ1v) is 9.96. The van der Waals surface area contributed by atoms with Crippen LogP contribution >= 0.6 is 34.8 Å². The van der Waals surface area contributed by atoms with Crippen LogP contribution in [0, 0.1) is 6.92 Å². The highest BCUT2D eigenvalue weighted by atomic mass is 35.5. The molecule has 0 fully saturated rings. The molecule has 0 saturated carbocycles. The first-order chi connectivity index (χ1) is 13.5. The molecule has 3 aromatic rings. The number of hydrogen-bond acceptors (Lipinski definition) is 4. The van der Waals surface area contributed by atoms with E-state index in [-0.39, 0.29) is 6.04 Å². The molecular formula is C21H15Cl3N2O2. The van der Waals surface area contributed by atoms with Crippen molar-refractivity contribution in [1.29, 1.82) is 0 Å². The molecule has 2 aromatic carbocycles. The SMILES string of the molecule is Cc1ccc(C2=NN3C(C2)c2cc(Cl)ccc2OC3c2ccc(Cl)cc2Cl)o1. The van der Waals surface area contributed by atoms with Gasteiger partial charge in [-0.15, -0.1) is 0 Å². The molecule has 0 N–H and O–H groups in total. The molecule has 142 valence electrons. The number of aryl methyl sites for hydroxylation is 1. The fraction of sp³-hybridized carbons (Fsp3) is 0.190. The summed E-state index contributed by atoms with van der Waals surface area (Å²) >= 11 is 18.8. The molecule has 0 amide bonds. The van der Waals surface area contributed by atoms with E-state index in [1.165, 1.54) is 0 Å². The summed E-state index contributed by atoms with van der Waals surface area (Å²) in [6, 6.07) is 14.9. The number of hydrazone groups is 1. The standard InChI is InChI=1S/C21H15Cl3N2O2/c1-11-2-6-20(27-11)17-10-18-15-8-12(22)4-7-19(15)28-21(26(18)25-17)14-5-3-13(23)9-16(14)24/h2-9,18,21H,10H2,1H3. The van der Waals surface area contributed by atoms with Crippen LogP contribution in [-0.2, 0) is 0 Å². The molecule has 1 aromatic heterocycles. The first kappa shape index (κ1) is 17.9. The summed E-state index contributed by atoms with van der Waals surface area (Å²) in [5.74, 6) is 2.38. The Balaban J connectivity index is 1.63. The Labute approximate surface area is 177 Å². The summed E-state index contributed by atoms with van der Waals surface area (Å²) in [6.07, 6.45) is 0.211. The number of ether oxygens (including phenoxy) is 1. The first-order valence-electron chi connectivity index (χ1n) is 8.83. The summed E-state index contributed by atoms with van der Waals surface area (Å²) in [5, 5.41) is 8.54. The number of rotatable bonds is 2. The van der Waals surface area contributed by atoms with Crippen LogP contribution in [0.25, 0.3) is 0 Å². The Morgan fingerprint density at radius 1 is 0.964 bits per heavy atom. The van der Waals surface area contributed by atoms with Crippen LogP contribution in [0.5, 0.6) is 5.75 Å². The average molecular weight is 434 g/mol. The second kappa shape index (κ2) is 6.73. The van der Waals surface area contributed by atoms with Crippen LogP contribution in [0.2, 0.25) is 15.1 Å². The number of nitrogens with zero attached hydrogens (tertiary/aromatic N) is 2. The molecule has 0 radical (unpaired) electrons. The lowest BCUT2D eigenvalue weighted by Crippen LogP contribution is -2.33. The number of furan rings is 1. The minimum absolute atomic E-state index is 0.0281. The van der Waals surface area contributed by atoms with Gasteiger partial charge < -0.3 is 9.15 Å². The Bertz CT molecular complexity index is 1110. The van der Waals surface area contributed by atoms with Crippen LogP contribution in [-0.4, -0.2) is 10.7 Å². The van der Waals surface area contributed by atoms with Crippen molar-refractivity contribution in [3.05, 3.63) is 86.2 Å². The largest absolute Gasteiger partial charge is 0.464 e. The monoisotopic (exact) mass is 432 g/mol. The summed E-state index contributed by atoms with van der Waals surface area (Å²) in [5.41, 5.74) is 2.66. The van der Waals surface area contributed by atoms with E-state index >= 15 is 0 Å². The van der Waals surface area contributed by atoms with Gasteiger partial charge in [-0.05, 0) is 49.4 Å². The van der Waals surface area contributed by atoms with Gasteiger partial charge in [0.05, 0.1) is 11.1 Å². The van der Waals surface area contributed by atoms with Crippen molar-refractivity contribution in [1.82, 2.24) is 5.01 Å². The van der Waals surface area contributed by atoms with Gasteiger partial charge in [0.1, 0.15) is 23.0 Å². The van der Waals surface area contributed by atoms with Crippen molar-refractivity contribution in [2.24, 2.45) is 5.10 Å². The quantitative estimate of drug-likeness (QED) is 0.446. The zero-order chi connectivity index (χ0) is 19.4. The molecule has 4 nitrogen and oxygen atoms in total. The molecule has 2 aliphatic rings. The van der Waals surface area contributed by atoms with E-state index in [0.717, 1.165) is 34.1 Å². The van der Waals surface area contributed by atoms with Gasteiger partial charge >= 0.3 is 0 Å². The molecule has 2 aliphatic heterocycles. The molecule has 0 bridgehead atoms. The van der Waals surface area contributed by atoms with Crippen molar-refractivity contribution in [2.75, 3.05) is 0 Å². The number of fused-ring (bicyclic) bond motifs is 3. The predicted octanol–water partition coefficient (Wildman–Crippen LogP) is 6.79. The maximum absolute atomic E-state index is 6.48. The van der Waals surface area contributed by atoms with Crippen molar-refractivity contribution < 1.29 is 9.15 Å². The van der Waals surface area contributed by atoms with Gasteiger partial charge in [0.2, 0.25) is 6.23 Å². The zero-order valence-corrected chi connectivity index (χ0v) is 17.1. The van der Waals surface area contributed by atoms with Crippen LogP contribution < -0.4 is 4.74 Å². The molecule has 3 heterocycles. The van der Waals surface area contributed by atoms with Gasteiger partial charge in [0, 0.05) is 27.6 Å². The van der Waals surface area contributed by atoms with Gasteiger partial charge in [0.15, 0.2) is 0 Å². The van der Waals surface area contributed by atoms with Gasteiger partial charge in [-0.2, -0.15) is 5.10 Å². The van der Waals surface area contributed by atoms with Gasteiger partial charge in [0.25, 0.3) is 0 Å². The highest BCUT2D eigenvalue weighted by Gasteiger charge is 2.42. The van der Waals surface area contributed by atoms with E-state index in [1.807, 2.05) is 48.3 Å². The van der Waals surface area contributed by atoms with Gasteiger partial charge in [-0.25, -0.2) is 5.01 Å². The lowest BCUT2D eigenvalue weighted by Gasteiger charge is -2.38. The Morgan fingerprint density at radius 3 is 2.50 bits per heavy atom. The van der Waals surface area contributed by atoms with E-state index in [2.05, 4.69) is 0 Å². The lowest BCUT2D eigenvalue weighted by molar-refractivity contribution is -0.0189. The molecule has 0 aliphatic carbocycles. The van der Waals surface area contributed by atoms with Crippen LogP contribution in [0.3, 0.4) is 0 Å². The second-order valence-corrected chi connectivity index (χ2v) is 8.16. The van der Waals surface area contributed by atoms with Crippen molar-refractivity contribution in [3.63, 3.8) is 0 Å². The lowest BCUT2D eigenvalue weighted by atomic mass is 9.97. The second-order valence-electron chi connectivity index (χ2n) is 6.88. The summed E-state index contributed by atoms with van der Waals surface area (Å²) in [7, 11) is 0. The van der Waals surface area contributed by atoms with E-state index in [4.69, 9.17) is 49.1 Å². The number of hydrogen-bond donors (Lipinski definition) is 0. The predicted molar refractivity (Wildman–Crippen MR) is 110 cm³/mol. The molecule has 7 heteroatoms. The third-order valence-corrected chi connectivity index (χ3v) is 5.80. The number of benzene rings is 2. The minimum Gasteiger partial charge on any atom is -0.464 e. The van der Waals surface area contributed by atoms with Crippen LogP contribution in [0.4, 0.5) is 0 Å². The topological polar surface area (TPSA) is 38.0 Å². The third kappa shape index (κ3) is 2.96. The third-order valence-electron chi connectivity index (χ3n) is 5.01. The van der Waals surface area contributed by atoms with E-state index < -0.39 is 6.23 Å². The van der Waals surface area contributed by atoms with Crippen LogP contribution in [0.1, 0.15) is 41.3 Å². The Kier molecular flexibility index (Phi) is 4.31. The minimum atomic E-state index is -0.475. The molecule has 5 rings (SSSR count). The molecule has 0 saturated heterocycles. The zero-order valence-electron chi connectivity index (χ0n) is 14.8. The maximum Gasteiger partial charge on any atom is 0.215 e. The normalized spacial score (nSPS) is 20.4. The van der Waals surface area contributed by atoms with E-state index in [1.54, 1.807) is 12.1 Å². The summed E-state index contributed by atoms with van der Waals surface area (Å²) in [6.45, 7) is 1.92. The highest BCUT2D eigenvalue weighted by molar-refractivity contribution is 6.35. The summed E-state index contributed by atoms with van der Waals surface area (Å²) < 4.78 is 12.1. The Morgan fingerprint density at radius 2 is 1.75 bits per heavy atom. The van der Waals surface area contributed by atoms with Crippen molar-refractivity contribution >= 4 is 40.5 Å². The number of halogens is 3. The van der Waals surface area contributed by atoms with Crippen molar-refractivity contribution in [2.45, 2.75) is 25.6 Å². The van der Waals surface area contributed by atoms with Gasteiger partial charge in [-0.3, -0.25) is 0 Å². The van der Waals surface area contributed by atoms with Gasteiger partial charge in [-0.1, -0.05) is 40.9 Å². The summed E-state index contributed by atoms with van der Waals surface area (Å²) in [4.78, 5) is 0. The average Bonchev–Trinajstić information content (AvgIpc) is 3.28. The van der Waals surface area contributed by atoms with Crippen molar-refractivity contribution in [3.8, 4) is 5.75 Å². The van der Waals surface area contributed by atoms with E-state index in [0.29, 0.717) is 21.5 Å². The molecule has 0 spiro atoms. The fourth-order valence-corrected chi connectivity index (χ4v) is 4.39. The molecule has 2 unspecified atom stereocenters. The van der Waals surface area contributed by atoms with Crippen LogP contribution in [0.15, 0.2) is 58.0 Å². The van der Waals surface area contributed by atoms with E-state index in [9.17, 15) is 0 Å². The molecular weight excluding hydrogens is 419 g/mol. The smallest absolute Gasteiger partial charge is 0.215 e. The molecule has 2 atom stereocenters.